The monoisotopic (exact) mass is 267 g/mol. The Balaban J connectivity index is 2.15. The Morgan fingerprint density at radius 2 is 2.05 bits per heavy atom. The second kappa shape index (κ2) is 6.34. The molecule has 0 atom stereocenters. The predicted octanol–water partition coefficient (Wildman–Crippen LogP) is 2.38. The first-order chi connectivity index (χ1) is 9.74. The minimum atomic E-state index is -0.442. The number of nitrogens with one attached hydrogen (secondary N) is 1. The fraction of sp³-hybridized carbons (Fsp3) is 0.133. The largest absolute Gasteiger partial charge is 0.462 e. The van der Waals surface area contributed by atoms with Crippen LogP contribution in [0.25, 0.3) is 0 Å². The summed E-state index contributed by atoms with van der Waals surface area (Å²) < 4.78 is 4.86. The highest BCUT2D eigenvalue weighted by atomic mass is 16.5. The Morgan fingerprint density at radius 3 is 2.70 bits per heavy atom. The lowest BCUT2D eigenvalue weighted by molar-refractivity contribution is 0.0525. The normalized spacial score (nSPS) is 9.60. The van der Waals surface area contributed by atoms with Gasteiger partial charge in [0.1, 0.15) is 0 Å². The van der Waals surface area contributed by atoms with Crippen LogP contribution in [0, 0.1) is 12.3 Å². The van der Waals surface area contributed by atoms with E-state index in [1.807, 2.05) is 24.3 Å². The molecule has 0 radical (unpaired) electrons. The Bertz CT molecular complexity index is 645. The summed E-state index contributed by atoms with van der Waals surface area (Å²) in [5, 5.41) is 3.00. The molecule has 0 aliphatic heterocycles. The van der Waals surface area contributed by atoms with Crippen molar-refractivity contribution in [1.29, 1.82) is 0 Å². The fourth-order valence-corrected chi connectivity index (χ4v) is 1.55. The first-order valence-corrected chi connectivity index (χ1v) is 6.06. The Morgan fingerprint density at radius 1 is 1.35 bits per heavy atom. The van der Waals surface area contributed by atoms with Gasteiger partial charge in [-0.2, -0.15) is 0 Å². The van der Waals surface area contributed by atoms with Crippen LogP contribution < -0.4 is 5.32 Å². The minimum Gasteiger partial charge on any atom is -0.462 e. The number of benzene rings is 1. The number of esters is 1. The molecule has 0 bridgehead atoms. The van der Waals surface area contributed by atoms with Crippen molar-refractivity contribution in [3.8, 4) is 12.3 Å². The van der Waals surface area contributed by atoms with Gasteiger partial charge in [0, 0.05) is 18.0 Å². The number of terminal acetylenes is 1. The van der Waals surface area contributed by atoms with E-state index in [-0.39, 0.29) is 0 Å². The van der Waals surface area contributed by atoms with Crippen LogP contribution in [0.3, 0.4) is 0 Å². The van der Waals surface area contributed by atoms with E-state index in [0.29, 0.717) is 23.7 Å². The van der Waals surface area contributed by atoms with Crippen molar-refractivity contribution in [3.05, 3.63) is 47.8 Å². The molecule has 0 aliphatic carbocycles. The Kier molecular flexibility index (Phi) is 4.30. The van der Waals surface area contributed by atoms with Crippen molar-refractivity contribution in [2.45, 2.75) is 6.92 Å². The molecule has 0 aliphatic rings. The molecule has 1 aromatic carbocycles. The standard InChI is InChI=1S/C15H13N3O2/c1-3-11-7-5-6-8-13(11)18-15-16-9-12(10-17-15)14(19)20-4-2/h1,5-10H,4H2,2H3,(H,16,17,18). The van der Waals surface area contributed by atoms with Gasteiger partial charge in [-0.25, -0.2) is 14.8 Å². The van der Waals surface area contributed by atoms with Crippen LogP contribution in [0.4, 0.5) is 11.6 Å². The number of nitrogens with zero attached hydrogens (tertiary/aromatic N) is 2. The highest BCUT2D eigenvalue weighted by Gasteiger charge is 2.08. The average molecular weight is 267 g/mol. The second-order valence-electron chi connectivity index (χ2n) is 3.83. The lowest BCUT2D eigenvalue weighted by atomic mass is 10.2. The minimum absolute atomic E-state index is 0.308. The summed E-state index contributed by atoms with van der Waals surface area (Å²) in [6.07, 6.45) is 8.23. The summed E-state index contributed by atoms with van der Waals surface area (Å²) in [5.41, 5.74) is 1.76. The summed E-state index contributed by atoms with van der Waals surface area (Å²) in [6.45, 7) is 2.06. The fourth-order valence-electron chi connectivity index (χ4n) is 1.55. The first-order valence-electron chi connectivity index (χ1n) is 6.06. The molecule has 0 amide bonds. The van der Waals surface area contributed by atoms with Crippen LogP contribution in [0.5, 0.6) is 0 Å². The van der Waals surface area contributed by atoms with E-state index in [9.17, 15) is 4.79 Å². The number of ether oxygens (including phenoxy) is 1. The van der Waals surface area contributed by atoms with E-state index in [1.54, 1.807) is 6.92 Å². The number of rotatable bonds is 4. The van der Waals surface area contributed by atoms with Gasteiger partial charge in [-0.3, -0.25) is 0 Å². The highest BCUT2D eigenvalue weighted by Crippen LogP contribution is 2.17. The van der Waals surface area contributed by atoms with Gasteiger partial charge in [-0.15, -0.1) is 6.42 Å². The molecule has 1 aromatic heterocycles. The second-order valence-corrected chi connectivity index (χ2v) is 3.83. The highest BCUT2D eigenvalue weighted by molar-refractivity contribution is 5.88. The first kappa shape index (κ1) is 13.6. The van der Waals surface area contributed by atoms with Crippen molar-refractivity contribution in [2.75, 3.05) is 11.9 Å². The van der Waals surface area contributed by atoms with Gasteiger partial charge in [0.05, 0.1) is 17.9 Å². The lowest BCUT2D eigenvalue weighted by Crippen LogP contribution is -2.07. The molecule has 100 valence electrons. The third-order valence-corrected chi connectivity index (χ3v) is 2.49. The lowest BCUT2D eigenvalue weighted by Gasteiger charge is -2.07. The van der Waals surface area contributed by atoms with E-state index >= 15 is 0 Å². The Labute approximate surface area is 117 Å². The van der Waals surface area contributed by atoms with Gasteiger partial charge in [0.2, 0.25) is 5.95 Å². The third-order valence-electron chi connectivity index (χ3n) is 2.49. The number of carbonyl (C=O) groups excluding carboxylic acids is 1. The van der Waals surface area contributed by atoms with Crippen LogP contribution in [-0.2, 0) is 4.74 Å². The SMILES string of the molecule is C#Cc1ccccc1Nc1ncc(C(=O)OCC)cn1. The zero-order valence-corrected chi connectivity index (χ0v) is 11.0. The summed E-state index contributed by atoms with van der Waals surface area (Å²) in [5.74, 6) is 2.49. The number of para-hydroxylation sites is 1. The zero-order valence-electron chi connectivity index (χ0n) is 11.0. The molecule has 0 unspecified atom stereocenters. The van der Waals surface area contributed by atoms with Crippen LogP contribution in [0.1, 0.15) is 22.8 Å². The Hall–Kier alpha value is -2.87. The molecule has 0 fully saturated rings. The van der Waals surface area contributed by atoms with E-state index in [4.69, 9.17) is 11.2 Å². The summed E-state index contributed by atoms with van der Waals surface area (Å²) in [6, 6.07) is 7.36. The molecule has 2 rings (SSSR count). The number of hydrogen-bond acceptors (Lipinski definition) is 5. The van der Waals surface area contributed by atoms with E-state index in [2.05, 4.69) is 21.2 Å². The third kappa shape index (κ3) is 3.12. The van der Waals surface area contributed by atoms with E-state index in [0.717, 1.165) is 5.69 Å². The van der Waals surface area contributed by atoms with Crippen LogP contribution >= 0.6 is 0 Å². The predicted molar refractivity (Wildman–Crippen MR) is 75.6 cm³/mol. The van der Waals surface area contributed by atoms with Gasteiger partial charge < -0.3 is 10.1 Å². The van der Waals surface area contributed by atoms with Crippen molar-refractivity contribution >= 4 is 17.6 Å². The topological polar surface area (TPSA) is 64.1 Å². The van der Waals surface area contributed by atoms with Gasteiger partial charge in [0.25, 0.3) is 0 Å². The molecule has 1 heterocycles. The van der Waals surface area contributed by atoms with Crippen LogP contribution in [0.2, 0.25) is 0 Å². The quantitative estimate of drug-likeness (QED) is 0.680. The van der Waals surface area contributed by atoms with E-state index in [1.165, 1.54) is 12.4 Å². The summed E-state index contributed by atoms with van der Waals surface area (Å²) in [7, 11) is 0. The number of anilines is 2. The molecular formula is C15H13N3O2. The smallest absolute Gasteiger partial charge is 0.341 e. The summed E-state index contributed by atoms with van der Waals surface area (Å²) in [4.78, 5) is 19.6. The maximum absolute atomic E-state index is 11.5. The van der Waals surface area contributed by atoms with Crippen molar-refractivity contribution in [3.63, 3.8) is 0 Å². The molecule has 0 saturated heterocycles. The molecule has 20 heavy (non-hydrogen) atoms. The van der Waals surface area contributed by atoms with Gasteiger partial charge in [-0.05, 0) is 19.1 Å². The van der Waals surface area contributed by atoms with Crippen LogP contribution in [-0.4, -0.2) is 22.5 Å². The molecule has 0 saturated carbocycles. The van der Waals surface area contributed by atoms with Crippen LogP contribution in [0.15, 0.2) is 36.7 Å². The maximum atomic E-state index is 11.5. The molecule has 5 nitrogen and oxygen atoms in total. The van der Waals surface area contributed by atoms with Crippen molar-refractivity contribution < 1.29 is 9.53 Å². The molecular weight excluding hydrogens is 254 g/mol. The zero-order chi connectivity index (χ0) is 14.4. The van der Waals surface area contributed by atoms with Crippen molar-refractivity contribution in [2.24, 2.45) is 0 Å². The average Bonchev–Trinajstić information content (AvgIpc) is 2.49. The van der Waals surface area contributed by atoms with Gasteiger partial charge in [0.15, 0.2) is 0 Å². The molecule has 1 N–H and O–H groups in total. The number of aromatic nitrogens is 2. The summed E-state index contributed by atoms with van der Waals surface area (Å²) >= 11 is 0. The number of carbonyl (C=O) groups is 1. The molecule has 5 heteroatoms. The van der Waals surface area contributed by atoms with Gasteiger partial charge >= 0.3 is 5.97 Å². The maximum Gasteiger partial charge on any atom is 0.341 e. The van der Waals surface area contributed by atoms with Gasteiger partial charge in [-0.1, -0.05) is 18.1 Å². The van der Waals surface area contributed by atoms with E-state index < -0.39 is 5.97 Å². The molecule has 0 spiro atoms. The number of hydrogen-bond donors (Lipinski definition) is 1. The van der Waals surface area contributed by atoms with Crippen molar-refractivity contribution in [1.82, 2.24) is 9.97 Å². The molecule has 2 aromatic rings.